The number of nitrogens with one attached hydrogen (secondary N) is 3. The molecule has 0 aliphatic carbocycles. The number of thiazole rings is 1. The summed E-state index contributed by atoms with van der Waals surface area (Å²) in [6.07, 6.45) is 1.48. The Morgan fingerprint density at radius 3 is 2.27 bits per heavy atom. The molecule has 0 unspecified atom stereocenters. The molecule has 7 nitrogen and oxygen atoms in total. The highest BCUT2D eigenvalue weighted by atomic mass is 32.2. The van der Waals surface area contributed by atoms with Gasteiger partial charge in [-0.15, -0.1) is 11.8 Å². The summed E-state index contributed by atoms with van der Waals surface area (Å²) in [6, 6.07) is 28.8. The van der Waals surface area contributed by atoms with Gasteiger partial charge in [0.2, 0.25) is 5.91 Å². The highest BCUT2D eigenvalue weighted by Gasteiger charge is 2.15. The van der Waals surface area contributed by atoms with Gasteiger partial charge in [0.15, 0.2) is 5.13 Å². The number of rotatable bonds is 9. The predicted octanol–water partition coefficient (Wildman–Crippen LogP) is 6.58. The van der Waals surface area contributed by atoms with Gasteiger partial charge in [-0.1, -0.05) is 53.8 Å². The van der Waals surface area contributed by atoms with Gasteiger partial charge < -0.3 is 16.0 Å². The van der Waals surface area contributed by atoms with E-state index in [1.807, 2.05) is 24.3 Å². The molecule has 0 saturated carbocycles. The Kier molecular flexibility index (Phi) is 8.82. The number of carbonyl (C=O) groups is 3. The van der Waals surface area contributed by atoms with E-state index in [9.17, 15) is 18.8 Å². The summed E-state index contributed by atoms with van der Waals surface area (Å²) in [7, 11) is 0. The van der Waals surface area contributed by atoms with Crippen LogP contribution in [-0.4, -0.2) is 28.5 Å². The van der Waals surface area contributed by atoms with Gasteiger partial charge in [0.25, 0.3) is 11.8 Å². The van der Waals surface area contributed by atoms with Crippen LogP contribution in [0.5, 0.6) is 0 Å². The van der Waals surface area contributed by atoms with Crippen molar-refractivity contribution in [2.45, 2.75) is 4.90 Å². The number of fused-ring (bicyclic) bond motifs is 1. The highest BCUT2D eigenvalue weighted by molar-refractivity contribution is 8.00. The number of halogens is 1. The molecule has 0 saturated heterocycles. The SMILES string of the molecule is O=C(CSc1ccc(NC(=O)/C(=C/c2ccc(F)cc2)NC(=O)c2ccccc2)cc1)Nc1nc2ccccc2s1. The molecule has 3 amide bonds. The van der Waals surface area contributed by atoms with Crippen LogP contribution in [0.3, 0.4) is 0 Å². The average Bonchev–Trinajstić information content (AvgIpc) is 3.40. The van der Waals surface area contributed by atoms with Crippen molar-refractivity contribution in [3.05, 3.63) is 126 Å². The average molecular weight is 583 g/mol. The number of carbonyl (C=O) groups excluding carboxylic acids is 3. The molecule has 0 aliphatic heterocycles. The third kappa shape index (κ3) is 7.65. The fourth-order valence-corrected chi connectivity index (χ4v) is 5.31. The molecule has 10 heteroatoms. The number of para-hydroxylation sites is 1. The molecule has 204 valence electrons. The van der Waals surface area contributed by atoms with E-state index >= 15 is 0 Å². The molecular weight excluding hydrogens is 559 g/mol. The van der Waals surface area contributed by atoms with Gasteiger partial charge in [0, 0.05) is 16.1 Å². The molecule has 5 aromatic rings. The Hall–Kier alpha value is -4.80. The molecule has 0 fully saturated rings. The minimum absolute atomic E-state index is 0.00423. The number of anilines is 2. The van der Waals surface area contributed by atoms with E-state index in [0.29, 0.717) is 21.9 Å². The summed E-state index contributed by atoms with van der Waals surface area (Å²) in [5.74, 6) is -1.39. The molecule has 0 spiro atoms. The molecule has 3 N–H and O–H groups in total. The van der Waals surface area contributed by atoms with Crippen molar-refractivity contribution in [2.24, 2.45) is 0 Å². The van der Waals surface area contributed by atoms with Crippen LogP contribution in [0.2, 0.25) is 0 Å². The summed E-state index contributed by atoms with van der Waals surface area (Å²) in [6.45, 7) is 0. The minimum atomic E-state index is -0.547. The van der Waals surface area contributed by atoms with Gasteiger partial charge in [-0.2, -0.15) is 0 Å². The second-order valence-corrected chi connectivity index (χ2v) is 10.8. The maximum absolute atomic E-state index is 13.4. The molecule has 41 heavy (non-hydrogen) atoms. The summed E-state index contributed by atoms with van der Waals surface area (Å²) < 4.78 is 14.4. The lowest BCUT2D eigenvalue weighted by Gasteiger charge is -2.12. The van der Waals surface area contributed by atoms with E-state index in [1.165, 1.54) is 53.4 Å². The molecule has 0 bridgehead atoms. The van der Waals surface area contributed by atoms with Gasteiger partial charge in [-0.25, -0.2) is 9.37 Å². The maximum Gasteiger partial charge on any atom is 0.272 e. The van der Waals surface area contributed by atoms with Gasteiger partial charge >= 0.3 is 0 Å². The normalized spacial score (nSPS) is 11.2. The van der Waals surface area contributed by atoms with Crippen molar-refractivity contribution < 1.29 is 18.8 Å². The second kappa shape index (κ2) is 13.0. The predicted molar refractivity (Wildman–Crippen MR) is 162 cm³/mol. The van der Waals surface area contributed by atoms with E-state index < -0.39 is 17.6 Å². The van der Waals surface area contributed by atoms with Crippen LogP contribution in [0.25, 0.3) is 16.3 Å². The summed E-state index contributed by atoms with van der Waals surface area (Å²) >= 11 is 2.77. The molecule has 1 heterocycles. The number of aromatic nitrogens is 1. The Morgan fingerprint density at radius 2 is 1.54 bits per heavy atom. The number of hydrogen-bond donors (Lipinski definition) is 3. The van der Waals surface area contributed by atoms with Crippen molar-refractivity contribution in [2.75, 3.05) is 16.4 Å². The topological polar surface area (TPSA) is 100 Å². The molecule has 4 aromatic carbocycles. The first-order valence-electron chi connectivity index (χ1n) is 12.5. The third-order valence-electron chi connectivity index (χ3n) is 5.73. The zero-order valence-corrected chi connectivity index (χ0v) is 23.1. The number of benzene rings is 4. The van der Waals surface area contributed by atoms with Gasteiger partial charge in [0.1, 0.15) is 11.5 Å². The van der Waals surface area contributed by atoms with Crippen molar-refractivity contribution in [1.82, 2.24) is 10.3 Å². The Labute approximate surface area is 243 Å². The molecule has 0 aliphatic rings. The number of nitrogens with zero attached hydrogens (tertiary/aromatic N) is 1. The molecule has 1 aromatic heterocycles. The number of hydrogen-bond acceptors (Lipinski definition) is 6. The first-order chi connectivity index (χ1) is 19.9. The fraction of sp³-hybridized carbons (Fsp3) is 0.0323. The molecule has 0 atom stereocenters. The first kappa shape index (κ1) is 27.8. The van der Waals surface area contributed by atoms with Crippen LogP contribution in [-0.2, 0) is 9.59 Å². The maximum atomic E-state index is 13.4. The first-order valence-corrected chi connectivity index (χ1v) is 14.3. The summed E-state index contributed by atoms with van der Waals surface area (Å²) in [4.78, 5) is 43.6. The van der Waals surface area contributed by atoms with Crippen LogP contribution in [0.1, 0.15) is 15.9 Å². The largest absolute Gasteiger partial charge is 0.321 e. The van der Waals surface area contributed by atoms with E-state index in [4.69, 9.17) is 0 Å². The Balaban J connectivity index is 1.21. The lowest BCUT2D eigenvalue weighted by atomic mass is 10.1. The van der Waals surface area contributed by atoms with Crippen LogP contribution in [0.15, 0.2) is 114 Å². The van der Waals surface area contributed by atoms with E-state index in [1.54, 1.807) is 54.6 Å². The summed E-state index contributed by atoms with van der Waals surface area (Å²) in [5, 5.41) is 8.81. The van der Waals surface area contributed by atoms with Crippen molar-refractivity contribution >= 4 is 67.9 Å². The fourth-order valence-electron chi connectivity index (χ4n) is 3.73. The van der Waals surface area contributed by atoms with Gasteiger partial charge in [0.05, 0.1) is 16.0 Å². The zero-order valence-electron chi connectivity index (χ0n) is 21.5. The lowest BCUT2D eigenvalue weighted by molar-refractivity contribution is -0.114. The Morgan fingerprint density at radius 1 is 0.829 bits per heavy atom. The van der Waals surface area contributed by atoms with E-state index in [-0.39, 0.29) is 17.4 Å². The van der Waals surface area contributed by atoms with Crippen molar-refractivity contribution in [3.8, 4) is 0 Å². The smallest absolute Gasteiger partial charge is 0.272 e. The highest BCUT2D eigenvalue weighted by Crippen LogP contribution is 2.26. The minimum Gasteiger partial charge on any atom is -0.321 e. The molecular formula is C31H23FN4O3S2. The van der Waals surface area contributed by atoms with Crippen LogP contribution in [0.4, 0.5) is 15.2 Å². The van der Waals surface area contributed by atoms with Crippen molar-refractivity contribution in [3.63, 3.8) is 0 Å². The third-order valence-corrected chi connectivity index (χ3v) is 7.70. The van der Waals surface area contributed by atoms with Crippen LogP contribution < -0.4 is 16.0 Å². The lowest BCUT2D eigenvalue weighted by Crippen LogP contribution is -2.30. The van der Waals surface area contributed by atoms with Crippen LogP contribution >= 0.6 is 23.1 Å². The molecule has 0 radical (unpaired) electrons. The quantitative estimate of drug-likeness (QED) is 0.135. The van der Waals surface area contributed by atoms with Gasteiger partial charge in [-0.3, -0.25) is 14.4 Å². The standard InChI is InChI=1S/C31H23FN4O3S2/c32-22-12-10-20(11-13-22)18-26(34-29(38)21-6-2-1-3-7-21)30(39)33-23-14-16-24(17-15-23)40-19-28(37)36-31-35-25-8-4-5-9-27(25)41-31/h1-18H,19H2,(H,33,39)(H,34,38)(H,35,36,37)/b26-18-. The second-order valence-electron chi connectivity index (χ2n) is 8.73. The van der Waals surface area contributed by atoms with Gasteiger partial charge in [-0.05, 0) is 72.3 Å². The number of thioether (sulfide) groups is 1. The number of amides is 3. The Bertz CT molecular complexity index is 1690. The van der Waals surface area contributed by atoms with E-state index in [0.717, 1.165) is 15.1 Å². The molecule has 5 rings (SSSR count). The summed E-state index contributed by atoms with van der Waals surface area (Å²) in [5.41, 5.74) is 2.26. The zero-order chi connectivity index (χ0) is 28.6. The van der Waals surface area contributed by atoms with Crippen LogP contribution in [0, 0.1) is 5.82 Å². The monoisotopic (exact) mass is 582 g/mol. The van der Waals surface area contributed by atoms with Crippen molar-refractivity contribution in [1.29, 1.82) is 0 Å². The van der Waals surface area contributed by atoms with E-state index in [2.05, 4.69) is 20.9 Å².